The number of halogens is 1. The van der Waals surface area contributed by atoms with Gasteiger partial charge in [0.05, 0.1) is 16.9 Å². The second-order valence-corrected chi connectivity index (χ2v) is 8.80. The first-order valence-electron chi connectivity index (χ1n) is 10.6. The lowest BCUT2D eigenvalue weighted by Crippen LogP contribution is -2.51. The summed E-state index contributed by atoms with van der Waals surface area (Å²) >= 11 is 6.05. The van der Waals surface area contributed by atoms with Gasteiger partial charge in [0.25, 0.3) is 5.56 Å². The van der Waals surface area contributed by atoms with Crippen molar-refractivity contribution in [2.75, 3.05) is 26.2 Å². The minimum atomic E-state index is -0.0783. The Morgan fingerprint density at radius 2 is 1.83 bits per heavy atom. The van der Waals surface area contributed by atoms with Gasteiger partial charge in [0, 0.05) is 44.2 Å². The number of hydrogen-bond acceptors (Lipinski definition) is 4. The lowest BCUT2D eigenvalue weighted by Gasteiger charge is -2.39. The smallest absolute Gasteiger partial charge is 0.261 e. The Balaban J connectivity index is 1.48. The summed E-state index contributed by atoms with van der Waals surface area (Å²) in [5, 5.41) is 1.08. The molecule has 1 saturated heterocycles. The maximum absolute atomic E-state index is 12.8. The molecule has 1 amide bonds. The van der Waals surface area contributed by atoms with Crippen molar-refractivity contribution in [3.8, 4) is 0 Å². The van der Waals surface area contributed by atoms with E-state index in [0.717, 1.165) is 44.8 Å². The fourth-order valence-electron chi connectivity index (χ4n) is 4.73. The molecule has 1 atom stereocenters. The highest BCUT2D eigenvalue weighted by Gasteiger charge is 2.30. The van der Waals surface area contributed by atoms with Gasteiger partial charge in [-0.1, -0.05) is 30.9 Å². The highest BCUT2D eigenvalue weighted by atomic mass is 35.5. The van der Waals surface area contributed by atoms with Crippen molar-refractivity contribution in [3.63, 3.8) is 0 Å². The molecule has 0 bridgehead atoms. The van der Waals surface area contributed by atoms with E-state index < -0.39 is 0 Å². The molecule has 4 rings (SSSR count). The van der Waals surface area contributed by atoms with Crippen LogP contribution in [-0.2, 0) is 11.8 Å². The molecule has 2 fully saturated rings. The van der Waals surface area contributed by atoms with Crippen LogP contribution in [0.5, 0.6) is 0 Å². The summed E-state index contributed by atoms with van der Waals surface area (Å²) in [6.45, 7) is 5.18. The zero-order valence-corrected chi connectivity index (χ0v) is 18.0. The Hall–Kier alpha value is -1.92. The van der Waals surface area contributed by atoms with Gasteiger partial charge in [-0.3, -0.25) is 19.1 Å². The molecule has 6 nitrogen and oxygen atoms in total. The quantitative estimate of drug-likeness (QED) is 0.769. The van der Waals surface area contributed by atoms with Crippen molar-refractivity contribution in [2.24, 2.45) is 13.0 Å². The molecule has 1 aliphatic heterocycles. The first-order valence-corrected chi connectivity index (χ1v) is 11.0. The monoisotopic (exact) mass is 416 g/mol. The van der Waals surface area contributed by atoms with Gasteiger partial charge in [-0.25, -0.2) is 4.98 Å². The third kappa shape index (κ3) is 4.05. The Kier molecular flexibility index (Phi) is 5.93. The van der Waals surface area contributed by atoms with Gasteiger partial charge in [-0.2, -0.15) is 0 Å². The number of fused-ring (bicyclic) bond motifs is 1. The highest BCUT2D eigenvalue weighted by Crippen LogP contribution is 2.27. The van der Waals surface area contributed by atoms with Crippen molar-refractivity contribution in [1.29, 1.82) is 0 Å². The number of hydrogen-bond donors (Lipinski definition) is 0. The molecular weight excluding hydrogens is 388 g/mol. The summed E-state index contributed by atoms with van der Waals surface area (Å²) < 4.78 is 1.63. The third-order valence-corrected chi connectivity index (χ3v) is 6.81. The summed E-state index contributed by atoms with van der Waals surface area (Å²) in [4.78, 5) is 34.7. The van der Waals surface area contributed by atoms with Gasteiger partial charge in [0.1, 0.15) is 5.82 Å². The predicted octanol–water partition coefficient (Wildman–Crippen LogP) is 3.37. The number of piperazine rings is 1. The van der Waals surface area contributed by atoms with E-state index in [9.17, 15) is 9.59 Å². The minimum absolute atomic E-state index is 0.000268. The van der Waals surface area contributed by atoms with E-state index >= 15 is 0 Å². The summed E-state index contributed by atoms with van der Waals surface area (Å²) in [6.07, 6.45) is 5.71. The van der Waals surface area contributed by atoms with Crippen LogP contribution in [-0.4, -0.2) is 51.4 Å². The van der Waals surface area contributed by atoms with Crippen LogP contribution in [0, 0.1) is 5.92 Å². The zero-order valence-electron chi connectivity index (χ0n) is 17.2. The van der Waals surface area contributed by atoms with Crippen LogP contribution in [0.2, 0.25) is 5.02 Å². The number of rotatable bonds is 3. The van der Waals surface area contributed by atoms with Crippen LogP contribution in [0.15, 0.2) is 23.0 Å². The molecular formula is C22H29ClN4O2. The normalized spacial score (nSPS) is 20.2. The van der Waals surface area contributed by atoms with Crippen LogP contribution in [0.3, 0.4) is 0 Å². The van der Waals surface area contributed by atoms with E-state index in [1.807, 2.05) is 4.90 Å². The Bertz CT molecular complexity index is 959. The van der Waals surface area contributed by atoms with Crippen molar-refractivity contribution < 1.29 is 4.79 Å². The van der Waals surface area contributed by atoms with E-state index in [1.165, 1.54) is 19.3 Å². The topological polar surface area (TPSA) is 58.4 Å². The standard InChI is InChI=1S/C22H29ClN4O2/c1-15(20-24-19-9-8-17(23)14-18(19)22(29)25(20)2)26-10-12-27(13-11-26)21(28)16-6-4-3-5-7-16/h8-9,14-16H,3-7,10-13H2,1-2H3. The molecule has 1 aliphatic carbocycles. The molecule has 1 aromatic heterocycles. The lowest BCUT2D eigenvalue weighted by atomic mass is 9.88. The van der Waals surface area contributed by atoms with Crippen LogP contribution < -0.4 is 5.56 Å². The third-order valence-electron chi connectivity index (χ3n) is 6.57. The SMILES string of the molecule is CC(c1nc2ccc(Cl)cc2c(=O)n1C)N1CCN(C(=O)C2CCCCC2)CC1. The molecule has 1 saturated carbocycles. The fourth-order valence-corrected chi connectivity index (χ4v) is 4.91. The van der Waals surface area contributed by atoms with E-state index in [2.05, 4.69) is 11.8 Å². The molecule has 0 spiro atoms. The Morgan fingerprint density at radius 3 is 2.52 bits per heavy atom. The van der Waals surface area contributed by atoms with Crippen LogP contribution >= 0.6 is 11.6 Å². The molecule has 1 unspecified atom stereocenters. The van der Waals surface area contributed by atoms with Gasteiger partial charge in [-0.05, 0) is 38.0 Å². The van der Waals surface area contributed by atoms with Gasteiger partial charge in [-0.15, -0.1) is 0 Å². The molecule has 1 aromatic carbocycles. The molecule has 29 heavy (non-hydrogen) atoms. The molecule has 156 valence electrons. The summed E-state index contributed by atoms with van der Waals surface area (Å²) in [5.41, 5.74) is 0.593. The predicted molar refractivity (Wildman–Crippen MR) is 115 cm³/mol. The number of benzene rings is 1. The van der Waals surface area contributed by atoms with E-state index in [0.29, 0.717) is 21.8 Å². The first kappa shape index (κ1) is 20.4. The van der Waals surface area contributed by atoms with E-state index in [4.69, 9.17) is 16.6 Å². The minimum Gasteiger partial charge on any atom is -0.340 e. The summed E-state index contributed by atoms with van der Waals surface area (Å²) in [6, 6.07) is 5.24. The molecule has 2 aromatic rings. The van der Waals surface area contributed by atoms with Gasteiger partial charge >= 0.3 is 0 Å². The second kappa shape index (κ2) is 8.44. The largest absolute Gasteiger partial charge is 0.340 e. The fraction of sp³-hybridized carbons (Fsp3) is 0.591. The second-order valence-electron chi connectivity index (χ2n) is 8.37. The first-order chi connectivity index (χ1) is 14.0. The Labute approximate surface area is 176 Å². The number of aromatic nitrogens is 2. The number of carbonyl (C=O) groups is 1. The van der Waals surface area contributed by atoms with Gasteiger partial charge in [0.15, 0.2) is 0 Å². The molecule has 7 heteroatoms. The van der Waals surface area contributed by atoms with E-state index in [1.54, 1.807) is 29.8 Å². The number of carbonyl (C=O) groups excluding carboxylic acids is 1. The van der Waals surface area contributed by atoms with Crippen LogP contribution in [0.25, 0.3) is 10.9 Å². The summed E-state index contributed by atoms with van der Waals surface area (Å²) in [5.74, 6) is 1.31. The zero-order chi connectivity index (χ0) is 20.5. The maximum Gasteiger partial charge on any atom is 0.261 e. The van der Waals surface area contributed by atoms with Gasteiger partial charge in [0.2, 0.25) is 5.91 Å². The van der Waals surface area contributed by atoms with Crippen molar-refractivity contribution in [2.45, 2.75) is 45.1 Å². The van der Waals surface area contributed by atoms with Crippen molar-refractivity contribution >= 4 is 28.4 Å². The summed E-state index contributed by atoms with van der Waals surface area (Å²) in [7, 11) is 1.77. The maximum atomic E-state index is 12.8. The highest BCUT2D eigenvalue weighted by molar-refractivity contribution is 6.31. The molecule has 0 N–H and O–H groups in total. The number of amides is 1. The van der Waals surface area contributed by atoms with Crippen LogP contribution in [0.1, 0.15) is 50.9 Å². The average molecular weight is 417 g/mol. The average Bonchev–Trinajstić information content (AvgIpc) is 2.76. The number of nitrogens with zero attached hydrogens (tertiary/aromatic N) is 4. The van der Waals surface area contributed by atoms with Crippen molar-refractivity contribution in [3.05, 3.63) is 39.4 Å². The molecule has 2 aliphatic rings. The molecule has 2 heterocycles. The van der Waals surface area contributed by atoms with Crippen LogP contribution in [0.4, 0.5) is 0 Å². The van der Waals surface area contributed by atoms with E-state index in [-0.39, 0.29) is 17.5 Å². The molecule has 0 radical (unpaired) electrons. The Morgan fingerprint density at radius 1 is 1.14 bits per heavy atom. The lowest BCUT2D eigenvalue weighted by molar-refractivity contribution is -0.138. The van der Waals surface area contributed by atoms with Crippen molar-refractivity contribution in [1.82, 2.24) is 19.4 Å². The van der Waals surface area contributed by atoms with Gasteiger partial charge < -0.3 is 4.90 Å².